The number of piperazine rings is 1. The molecule has 1 aromatic rings. The fourth-order valence-electron chi connectivity index (χ4n) is 2.81. The first-order valence-electron chi connectivity index (χ1n) is 7.60. The number of aryl methyl sites for hydroxylation is 1. The molecule has 1 aliphatic heterocycles. The molecular weight excluding hydrogens is 280 g/mol. The number of benzene rings is 1. The minimum absolute atomic E-state index is 0.0363. The highest BCUT2D eigenvalue weighted by molar-refractivity contribution is 5.79. The van der Waals surface area contributed by atoms with Gasteiger partial charge in [-0.2, -0.15) is 0 Å². The van der Waals surface area contributed by atoms with E-state index in [-0.39, 0.29) is 18.4 Å². The number of primary amides is 1. The van der Waals surface area contributed by atoms with Gasteiger partial charge in [0, 0.05) is 25.7 Å². The monoisotopic (exact) mass is 304 g/mol. The first-order valence-corrected chi connectivity index (χ1v) is 7.60. The first kappa shape index (κ1) is 16.3. The van der Waals surface area contributed by atoms with Crippen LogP contribution in [0.4, 0.5) is 4.79 Å². The predicted octanol–water partition coefficient (Wildman–Crippen LogP) is 0.915. The zero-order chi connectivity index (χ0) is 16.1. The first-order chi connectivity index (χ1) is 10.5. The van der Waals surface area contributed by atoms with Crippen molar-refractivity contribution in [2.24, 2.45) is 5.73 Å². The molecule has 0 spiro atoms. The second-order valence-corrected chi connectivity index (χ2v) is 5.82. The normalized spacial score (nSPS) is 19.5. The van der Waals surface area contributed by atoms with Gasteiger partial charge in [-0.25, -0.2) is 4.79 Å². The van der Waals surface area contributed by atoms with Crippen molar-refractivity contribution in [3.05, 3.63) is 35.4 Å². The van der Waals surface area contributed by atoms with Crippen LogP contribution in [0.1, 0.15) is 30.5 Å². The zero-order valence-electron chi connectivity index (χ0n) is 13.1. The Kier molecular flexibility index (Phi) is 5.38. The van der Waals surface area contributed by atoms with E-state index in [1.807, 2.05) is 43.0 Å². The van der Waals surface area contributed by atoms with Crippen LogP contribution < -0.4 is 16.4 Å². The molecule has 2 atom stereocenters. The molecule has 22 heavy (non-hydrogen) atoms. The summed E-state index contributed by atoms with van der Waals surface area (Å²) in [5, 5.41) is 5.94. The molecular formula is C16H24N4O2. The van der Waals surface area contributed by atoms with Crippen LogP contribution in [0.15, 0.2) is 24.3 Å². The van der Waals surface area contributed by atoms with Crippen LogP contribution in [-0.2, 0) is 4.79 Å². The minimum atomic E-state index is -0.618. The van der Waals surface area contributed by atoms with Crippen LogP contribution in [-0.4, -0.2) is 42.5 Å². The highest BCUT2D eigenvalue weighted by atomic mass is 16.2. The molecule has 6 heteroatoms. The summed E-state index contributed by atoms with van der Waals surface area (Å²) in [6.45, 7) is 6.29. The predicted molar refractivity (Wildman–Crippen MR) is 85.3 cm³/mol. The Morgan fingerprint density at radius 3 is 2.91 bits per heavy atom. The van der Waals surface area contributed by atoms with Gasteiger partial charge in [-0.15, -0.1) is 0 Å². The number of hydrogen-bond donors (Lipinski definition) is 3. The maximum absolute atomic E-state index is 12.6. The van der Waals surface area contributed by atoms with Crippen LogP contribution >= 0.6 is 0 Å². The van der Waals surface area contributed by atoms with E-state index in [0.717, 1.165) is 24.2 Å². The summed E-state index contributed by atoms with van der Waals surface area (Å²) in [6.07, 6.45) is 0.219. The van der Waals surface area contributed by atoms with Crippen molar-refractivity contribution in [2.75, 3.05) is 19.6 Å². The molecule has 6 nitrogen and oxygen atoms in total. The fraction of sp³-hybridized carbons (Fsp3) is 0.500. The smallest absolute Gasteiger partial charge is 0.312 e. The lowest BCUT2D eigenvalue weighted by Crippen LogP contribution is -2.53. The fourth-order valence-corrected chi connectivity index (χ4v) is 2.81. The molecule has 1 aliphatic rings. The van der Waals surface area contributed by atoms with E-state index in [4.69, 9.17) is 5.73 Å². The zero-order valence-corrected chi connectivity index (χ0v) is 13.1. The van der Waals surface area contributed by atoms with Gasteiger partial charge in [-0.05, 0) is 19.4 Å². The van der Waals surface area contributed by atoms with Gasteiger partial charge < -0.3 is 21.3 Å². The van der Waals surface area contributed by atoms with Gasteiger partial charge in [-0.3, -0.25) is 4.79 Å². The van der Waals surface area contributed by atoms with Crippen molar-refractivity contribution in [3.63, 3.8) is 0 Å². The number of carbonyl (C=O) groups excluding carboxylic acids is 2. The van der Waals surface area contributed by atoms with Crippen molar-refractivity contribution < 1.29 is 9.59 Å². The van der Waals surface area contributed by atoms with Crippen molar-refractivity contribution in [1.82, 2.24) is 15.5 Å². The molecule has 0 saturated carbocycles. The molecule has 0 bridgehead atoms. The molecule has 0 unspecified atom stereocenters. The van der Waals surface area contributed by atoms with E-state index < -0.39 is 12.1 Å². The average molecular weight is 304 g/mol. The second-order valence-electron chi connectivity index (χ2n) is 5.82. The molecule has 4 N–H and O–H groups in total. The highest BCUT2D eigenvalue weighted by Gasteiger charge is 2.26. The lowest BCUT2D eigenvalue weighted by Gasteiger charge is -2.35. The van der Waals surface area contributed by atoms with Gasteiger partial charge >= 0.3 is 6.03 Å². The van der Waals surface area contributed by atoms with Gasteiger partial charge in [0.2, 0.25) is 5.91 Å². The van der Waals surface area contributed by atoms with E-state index in [9.17, 15) is 9.59 Å². The third-order valence-electron chi connectivity index (χ3n) is 3.96. The van der Waals surface area contributed by atoms with Crippen LogP contribution in [0.5, 0.6) is 0 Å². The number of nitrogens with zero attached hydrogens (tertiary/aromatic N) is 1. The third kappa shape index (κ3) is 4.21. The highest BCUT2D eigenvalue weighted by Crippen LogP contribution is 2.20. The molecule has 120 valence electrons. The van der Waals surface area contributed by atoms with Crippen LogP contribution in [0.2, 0.25) is 0 Å². The summed E-state index contributed by atoms with van der Waals surface area (Å²) in [5.41, 5.74) is 7.24. The van der Waals surface area contributed by atoms with Crippen molar-refractivity contribution in [1.29, 1.82) is 0 Å². The summed E-state index contributed by atoms with van der Waals surface area (Å²) in [4.78, 5) is 25.7. The van der Waals surface area contributed by atoms with E-state index in [2.05, 4.69) is 10.6 Å². The number of nitrogens with two attached hydrogens (primary N) is 1. The van der Waals surface area contributed by atoms with Crippen molar-refractivity contribution in [3.8, 4) is 0 Å². The quantitative estimate of drug-likeness (QED) is 0.773. The minimum Gasteiger partial charge on any atom is -0.352 e. The summed E-state index contributed by atoms with van der Waals surface area (Å²) in [7, 11) is 0. The van der Waals surface area contributed by atoms with Crippen molar-refractivity contribution in [2.45, 2.75) is 32.4 Å². The molecule has 1 aromatic carbocycles. The summed E-state index contributed by atoms with van der Waals surface area (Å²) < 4.78 is 0. The average Bonchev–Trinajstić information content (AvgIpc) is 2.46. The van der Waals surface area contributed by atoms with Crippen LogP contribution in [0.3, 0.4) is 0 Å². The summed E-state index contributed by atoms with van der Waals surface area (Å²) in [5.74, 6) is 0.0363. The van der Waals surface area contributed by atoms with Gasteiger partial charge in [0.25, 0.3) is 0 Å². The topological polar surface area (TPSA) is 87.5 Å². The Hall–Kier alpha value is -2.08. The van der Waals surface area contributed by atoms with Crippen LogP contribution in [0.25, 0.3) is 0 Å². The number of nitrogens with one attached hydrogen (secondary N) is 2. The Morgan fingerprint density at radius 1 is 1.50 bits per heavy atom. The molecule has 0 aromatic heterocycles. The molecule has 0 radical (unpaired) electrons. The number of urea groups is 1. The standard InChI is InChI=1S/C16H24N4O2/c1-11-4-3-5-13(8-11)14(19-16(17)22)9-15(21)20-7-6-18-10-12(20)2/h3-5,8,12,14,18H,6-7,9-10H2,1-2H3,(H3,17,19,22)/t12-,14+/m1/s1. The Balaban J connectivity index is 2.12. The van der Waals surface area contributed by atoms with E-state index in [1.165, 1.54) is 0 Å². The molecule has 1 saturated heterocycles. The number of rotatable bonds is 4. The van der Waals surface area contributed by atoms with Gasteiger partial charge in [-0.1, -0.05) is 29.8 Å². The van der Waals surface area contributed by atoms with Crippen LogP contribution in [0, 0.1) is 6.92 Å². The lowest BCUT2D eigenvalue weighted by molar-refractivity contribution is -0.134. The summed E-state index contributed by atoms with van der Waals surface area (Å²) in [6, 6.07) is 6.91. The summed E-state index contributed by atoms with van der Waals surface area (Å²) >= 11 is 0. The van der Waals surface area contributed by atoms with Gasteiger partial charge in [0.15, 0.2) is 0 Å². The van der Waals surface area contributed by atoms with E-state index >= 15 is 0 Å². The Morgan fingerprint density at radius 2 is 2.27 bits per heavy atom. The van der Waals surface area contributed by atoms with E-state index in [0.29, 0.717) is 6.54 Å². The Labute approximate surface area is 131 Å². The lowest BCUT2D eigenvalue weighted by atomic mass is 10.0. The molecule has 3 amide bonds. The molecule has 0 aliphatic carbocycles. The number of carbonyl (C=O) groups is 2. The van der Waals surface area contributed by atoms with Gasteiger partial charge in [0.1, 0.15) is 0 Å². The maximum atomic E-state index is 12.6. The maximum Gasteiger partial charge on any atom is 0.312 e. The van der Waals surface area contributed by atoms with Gasteiger partial charge in [0.05, 0.1) is 12.5 Å². The number of amides is 3. The molecule has 1 fully saturated rings. The van der Waals surface area contributed by atoms with Crippen molar-refractivity contribution >= 4 is 11.9 Å². The molecule has 1 heterocycles. The number of hydrogen-bond acceptors (Lipinski definition) is 3. The SMILES string of the molecule is Cc1cccc([C@H](CC(=O)N2CCNC[C@H]2C)NC(N)=O)c1. The molecule has 2 rings (SSSR count). The largest absolute Gasteiger partial charge is 0.352 e. The Bertz CT molecular complexity index is 547. The second kappa shape index (κ2) is 7.26. The van der Waals surface area contributed by atoms with E-state index in [1.54, 1.807) is 0 Å². The third-order valence-corrected chi connectivity index (χ3v) is 3.96.